The molecular weight excluding hydrogens is 420 g/mol. The van der Waals surface area contributed by atoms with Gasteiger partial charge in [-0.2, -0.15) is 0 Å². The molecule has 1 saturated heterocycles. The van der Waals surface area contributed by atoms with E-state index < -0.39 is 24.3 Å². The van der Waals surface area contributed by atoms with Crippen molar-refractivity contribution in [3.05, 3.63) is 30.4 Å². The first-order valence-corrected chi connectivity index (χ1v) is 10.5. The van der Waals surface area contributed by atoms with Gasteiger partial charge in [-0.15, -0.1) is 0 Å². The van der Waals surface area contributed by atoms with Gasteiger partial charge in [-0.05, 0) is 31.7 Å². The molecule has 1 aromatic carbocycles. The van der Waals surface area contributed by atoms with Gasteiger partial charge in [0.25, 0.3) is 5.91 Å². The maximum atomic E-state index is 13.3. The number of methoxy groups -OCH3 is 1. The third-order valence-corrected chi connectivity index (χ3v) is 5.50. The second-order valence-electron chi connectivity index (χ2n) is 7.58. The smallest absolute Gasteiger partial charge is 0.416 e. The quantitative estimate of drug-likeness (QED) is 0.436. The molecule has 1 fully saturated rings. The maximum absolute atomic E-state index is 13.3. The van der Waals surface area contributed by atoms with Crippen molar-refractivity contribution < 1.29 is 38.8 Å². The monoisotopic (exact) mass is 448 g/mol. The molecule has 0 radical (unpaired) electrons. The lowest BCUT2D eigenvalue weighted by Crippen LogP contribution is -2.50. The van der Waals surface area contributed by atoms with Gasteiger partial charge in [0.2, 0.25) is 0 Å². The number of amides is 2. The summed E-state index contributed by atoms with van der Waals surface area (Å²) >= 11 is 0. The fourth-order valence-electron chi connectivity index (χ4n) is 3.98. The van der Waals surface area contributed by atoms with Crippen LogP contribution in [0.4, 0.5) is 10.5 Å². The lowest BCUT2D eigenvalue weighted by molar-refractivity contribution is -0.137. The zero-order valence-electron chi connectivity index (χ0n) is 18.0. The van der Waals surface area contributed by atoms with Gasteiger partial charge < -0.3 is 29.3 Å². The second kappa shape index (κ2) is 10.4. The molecule has 174 valence electrons. The van der Waals surface area contributed by atoms with E-state index in [4.69, 9.17) is 19.3 Å². The van der Waals surface area contributed by atoms with Crippen molar-refractivity contribution in [3.8, 4) is 11.5 Å². The Balaban J connectivity index is 1.97. The summed E-state index contributed by atoms with van der Waals surface area (Å²) < 4.78 is 16.3. The normalized spacial score (nSPS) is 19.6. The SMILES string of the molecule is C=CCOC(=O)N1c2cc(OCCCCC(=O)O)c(OC)cc2C(=O)N2CCC[C@H]2C1O. The molecule has 3 rings (SSSR count). The minimum Gasteiger partial charge on any atom is -0.493 e. The molecule has 0 spiro atoms. The third-order valence-electron chi connectivity index (χ3n) is 5.50. The van der Waals surface area contributed by atoms with Crippen LogP contribution in [0.3, 0.4) is 0 Å². The lowest BCUT2D eigenvalue weighted by Gasteiger charge is -2.31. The van der Waals surface area contributed by atoms with Crippen LogP contribution in [0.1, 0.15) is 42.5 Å². The minimum absolute atomic E-state index is 0.0333. The highest BCUT2D eigenvalue weighted by Gasteiger charge is 2.45. The number of carboxylic acids is 1. The highest BCUT2D eigenvalue weighted by atomic mass is 16.6. The number of ether oxygens (including phenoxy) is 3. The van der Waals surface area contributed by atoms with E-state index in [0.29, 0.717) is 38.0 Å². The Morgan fingerprint density at radius 2 is 2.06 bits per heavy atom. The molecule has 10 heteroatoms. The fraction of sp³-hybridized carbons (Fsp3) is 0.500. The maximum Gasteiger partial charge on any atom is 0.416 e. The molecule has 2 aliphatic heterocycles. The number of benzene rings is 1. The van der Waals surface area contributed by atoms with Crippen LogP contribution in [0.15, 0.2) is 24.8 Å². The molecule has 0 saturated carbocycles. The van der Waals surface area contributed by atoms with E-state index in [1.54, 1.807) is 4.90 Å². The largest absolute Gasteiger partial charge is 0.493 e. The van der Waals surface area contributed by atoms with Crippen molar-refractivity contribution in [1.82, 2.24) is 4.90 Å². The Bertz CT molecular complexity index is 887. The van der Waals surface area contributed by atoms with Crippen molar-refractivity contribution >= 4 is 23.7 Å². The fourth-order valence-corrected chi connectivity index (χ4v) is 3.98. The summed E-state index contributed by atoms with van der Waals surface area (Å²) in [5.74, 6) is -0.631. The van der Waals surface area contributed by atoms with Gasteiger partial charge in [-0.25, -0.2) is 9.69 Å². The Kier molecular flexibility index (Phi) is 7.57. The number of aliphatic carboxylic acids is 1. The van der Waals surface area contributed by atoms with Crippen molar-refractivity contribution in [2.24, 2.45) is 0 Å². The van der Waals surface area contributed by atoms with Crippen molar-refractivity contribution in [2.75, 3.05) is 31.8 Å². The average Bonchev–Trinajstić information content (AvgIpc) is 3.24. The Hall–Kier alpha value is -3.27. The number of carboxylic acid groups (broad SMARTS) is 1. The lowest BCUT2D eigenvalue weighted by atomic mass is 10.1. The van der Waals surface area contributed by atoms with E-state index in [2.05, 4.69) is 6.58 Å². The topological polar surface area (TPSA) is 126 Å². The minimum atomic E-state index is -1.29. The van der Waals surface area contributed by atoms with Gasteiger partial charge in [0, 0.05) is 19.0 Å². The summed E-state index contributed by atoms with van der Waals surface area (Å²) in [5, 5.41) is 19.8. The van der Waals surface area contributed by atoms with Gasteiger partial charge in [0.1, 0.15) is 6.61 Å². The predicted octanol–water partition coefficient (Wildman–Crippen LogP) is 2.39. The highest BCUT2D eigenvalue weighted by molar-refractivity contribution is 6.06. The summed E-state index contributed by atoms with van der Waals surface area (Å²) in [6, 6.07) is 2.41. The number of carbonyl (C=O) groups is 3. The molecular formula is C22H28N2O8. The number of hydrogen-bond donors (Lipinski definition) is 2. The Morgan fingerprint density at radius 1 is 1.28 bits per heavy atom. The van der Waals surface area contributed by atoms with Crippen LogP contribution in [0.5, 0.6) is 11.5 Å². The summed E-state index contributed by atoms with van der Waals surface area (Å²) in [5.41, 5.74) is 0.353. The summed E-state index contributed by atoms with van der Waals surface area (Å²) in [6.45, 7) is 4.16. The van der Waals surface area contributed by atoms with Crippen molar-refractivity contribution in [2.45, 2.75) is 44.4 Å². The van der Waals surface area contributed by atoms with Crippen LogP contribution >= 0.6 is 0 Å². The number of anilines is 1. The van der Waals surface area contributed by atoms with E-state index in [1.165, 1.54) is 25.3 Å². The zero-order chi connectivity index (χ0) is 23.3. The van der Waals surface area contributed by atoms with E-state index in [-0.39, 0.29) is 42.5 Å². The van der Waals surface area contributed by atoms with E-state index in [0.717, 1.165) is 4.90 Å². The van der Waals surface area contributed by atoms with Crippen LogP contribution in [0, 0.1) is 0 Å². The number of carbonyl (C=O) groups excluding carboxylic acids is 2. The first-order valence-electron chi connectivity index (χ1n) is 10.5. The molecule has 10 nitrogen and oxygen atoms in total. The molecule has 0 aromatic heterocycles. The van der Waals surface area contributed by atoms with Crippen LogP contribution in [0.25, 0.3) is 0 Å². The number of hydrogen-bond acceptors (Lipinski definition) is 7. The van der Waals surface area contributed by atoms with Gasteiger partial charge in [0.05, 0.1) is 31.0 Å². The molecule has 0 bridgehead atoms. The molecule has 2 amide bonds. The van der Waals surface area contributed by atoms with Crippen LogP contribution < -0.4 is 14.4 Å². The second-order valence-corrected chi connectivity index (χ2v) is 7.58. The molecule has 2 atom stereocenters. The van der Waals surface area contributed by atoms with Crippen molar-refractivity contribution in [1.29, 1.82) is 0 Å². The van der Waals surface area contributed by atoms with E-state index in [1.807, 2.05) is 0 Å². The predicted molar refractivity (Wildman–Crippen MR) is 114 cm³/mol. The Morgan fingerprint density at radius 3 is 2.75 bits per heavy atom. The number of aliphatic hydroxyl groups excluding tert-OH is 1. The van der Waals surface area contributed by atoms with Gasteiger partial charge in [0.15, 0.2) is 17.7 Å². The molecule has 1 aromatic rings. The molecule has 1 unspecified atom stereocenters. The first kappa shape index (κ1) is 23.4. The van der Waals surface area contributed by atoms with Gasteiger partial charge in [-0.3, -0.25) is 9.59 Å². The summed E-state index contributed by atoms with van der Waals surface area (Å²) in [7, 11) is 1.43. The molecule has 2 N–H and O–H groups in total. The zero-order valence-corrected chi connectivity index (χ0v) is 18.0. The Labute approximate surface area is 186 Å². The number of rotatable bonds is 9. The number of fused-ring (bicyclic) bond motifs is 2. The van der Waals surface area contributed by atoms with Crippen LogP contribution in [-0.4, -0.2) is 72.2 Å². The summed E-state index contributed by atoms with van der Waals surface area (Å²) in [6.07, 6.45) is 1.55. The van der Waals surface area contributed by atoms with Crippen LogP contribution in [-0.2, 0) is 9.53 Å². The molecule has 2 heterocycles. The van der Waals surface area contributed by atoms with Crippen LogP contribution in [0.2, 0.25) is 0 Å². The molecule has 0 aliphatic carbocycles. The first-order chi connectivity index (χ1) is 15.4. The number of unbranched alkanes of at least 4 members (excludes halogenated alkanes) is 1. The van der Waals surface area contributed by atoms with Crippen molar-refractivity contribution in [3.63, 3.8) is 0 Å². The standard InChI is InChI=1S/C22H28N2O8/c1-3-10-32-22(29)24-16-13-18(31-11-5-4-8-19(25)26)17(30-2)12-14(16)20(27)23-9-6-7-15(23)21(24)28/h3,12-13,15,21,28H,1,4-11H2,2H3,(H,25,26)/t15-,21?/m0/s1. The number of nitrogens with zero attached hydrogens (tertiary/aromatic N) is 2. The highest BCUT2D eigenvalue weighted by Crippen LogP contribution is 2.41. The molecule has 2 aliphatic rings. The van der Waals surface area contributed by atoms with Gasteiger partial charge in [-0.1, -0.05) is 12.7 Å². The van der Waals surface area contributed by atoms with Gasteiger partial charge >= 0.3 is 12.1 Å². The molecule has 32 heavy (non-hydrogen) atoms. The average molecular weight is 448 g/mol. The third kappa shape index (κ3) is 4.80. The van der Waals surface area contributed by atoms with E-state index >= 15 is 0 Å². The summed E-state index contributed by atoms with van der Waals surface area (Å²) in [4.78, 5) is 39.4. The van der Waals surface area contributed by atoms with E-state index in [9.17, 15) is 19.5 Å². The number of aliphatic hydroxyl groups is 1.